The van der Waals surface area contributed by atoms with Gasteiger partial charge in [0, 0.05) is 38.0 Å². The zero-order valence-electron chi connectivity index (χ0n) is 25.6. The van der Waals surface area contributed by atoms with Crippen LogP contribution in [0.25, 0.3) is 82.7 Å². The third-order valence-electron chi connectivity index (χ3n) is 9.56. The van der Waals surface area contributed by atoms with Crippen molar-refractivity contribution in [2.75, 3.05) is 7.11 Å². The molecule has 0 N–H and O–H groups in total. The molecule has 0 bridgehead atoms. The van der Waals surface area contributed by atoms with Crippen molar-refractivity contribution in [3.63, 3.8) is 0 Å². The predicted molar refractivity (Wildman–Crippen MR) is 194 cm³/mol. The zero-order chi connectivity index (χ0) is 31.1. The van der Waals surface area contributed by atoms with Crippen LogP contribution < -0.4 is 4.74 Å². The Labute approximate surface area is 270 Å². The van der Waals surface area contributed by atoms with E-state index in [9.17, 15) is 0 Å². The maximum Gasteiger partial charge on any atom is 0.140 e. The summed E-state index contributed by atoms with van der Waals surface area (Å²) < 4.78 is 12.4. The van der Waals surface area contributed by atoms with Gasteiger partial charge in [-0.25, -0.2) is 4.98 Å². The second-order valence-corrected chi connectivity index (χ2v) is 12.0. The number of pyridine rings is 1. The monoisotopic (exact) mass is 604 g/mol. The molecule has 10 aromatic rings. The Balaban J connectivity index is 1.28. The van der Waals surface area contributed by atoms with E-state index < -0.39 is 0 Å². The summed E-state index contributed by atoms with van der Waals surface area (Å²) in [4.78, 5) is 5.38. The molecule has 5 nitrogen and oxygen atoms in total. The fourth-order valence-corrected chi connectivity index (χ4v) is 7.61. The lowest BCUT2D eigenvalue weighted by Gasteiger charge is -2.12. The highest BCUT2D eigenvalue weighted by Crippen LogP contribution is 2.42. The highest BCUT2D eigenvalue weighted by molar-refractivity contribution is 6.28. The molecule has 0 amide bonds. The number of rotatable bonds is 4. The molecule has 0 aliphatic carbocycles. The minimum atomic E-state index is 0.843. The van der Waals surface area contributed by atoms with E-state index in [1.54, 1.807) is 7.11 Å². The molecule has 0 unspecified atom stereocenters. The zero-order valence-corrected chi connectivity index (χ0v) is 25.6. The van der Waals surface area contributed by atoms with Crippen molar-refractivity contribution in [2.24, 2.45) is 0 Å². The van der Waals surface area contributed by atoms with E-state index in [0.717, 1.165) is 45.1 Å². The second kappa shape index (κ2) is 9.83. The SMILES string of the molecule is COc1ccc(-n2c3ccccc3c3c4c5ccccc5n(-c5cccc(-n6c7ccccc7c7ccccc76)n5)c4ccc32)cc1. The minimum absolute atomic E-state index is 0.843. The number of ether oxygens (including phenoxy) is 1. The lowest BCUT2D eigenvalue weighted by Crippen LogP contribution is -2.03. The van der Waals surface area contributed by atoms with E-state index in [-0.39, 0.29) is 0 Å². The van der Waals surface area contributed by atoms with Gasteiger partial charge in [0.05, 0.1) is 40.2 Å². The van der Waals surface area contributed by atoms with Gasteiger partial charge >= 0.3 is 0 Å². The highest BCUT2D eigenvalue weighted by atomic mass is 16.5. The van der Waals surface area contributed by atoms with Crippen molar-refractivity contribution in [1.82, 2.24) is 18.7 Å². The first-order valence-corrected chi connectivity index (χ1v) is 15.9. The molecule has 0 saturated heterocycles. The molecular weight excluding hydrogens is 576 g/mol. The van der Waals surface area contributed by atoms with Gasteiger partial charge in [-0.15, -0.1) is 0 Å². The number of aromatic nitrogens is 4. The number of hydrogen-bond acceptors (Lipinski definition) is 2. The summed E-state index contributed by atoms with van der Waals surface area (Å²) in [6.07, 6.45) is 0. The Kier molecular flexibility index (Phi) is 5.43. The molecule has 4 heterocycles. The first kappa shape index (κ1) is 25.9. The first-order chi connectivity index (χ1) is 23.3. The van der Waals surface area contributed by atoms with Gasteiger partial charge in [-0.2, -0.15) is 0 Å². The van der Waals surface area contributed by atoms with Crippen molar-refractivity contribution in [2.45, 2.75) is 0 Å². The van der Waals surface area contributed by atoms with Crippen LogP contribution in [0, 0.1) is 0 Å². The van der Waals surface area contributed by atoms with Crippen LogP contribution in [0.4, 0.5) is 0 Å². The van der Waals surface area contributed by atoms with E-state index >= 15 is 0 Å². The van der Waals surface area contributed by atoms with Crippen LogP contribution in [0.5, 0.6) is 5.75 Å². The standard InChI is InChI=1S/C42H28N4O/c1-47-28-23-21-27(22-24-28)44-35-17-8-4-13-31(35)41-37(44)25-26-38-42(41)32-14-5-9-18-36(32)46(38)40-20-10-19-39(43-40)45-33-15-6-2-11-29(33)30-12-3-7-16-34(30)45/h2-26H,1H3. The Morgan fingerprint density at radius 2 is 0.809 bits per heavy atom. The number of methoxy groups -OCH3 is 1. The summed E-state index contributed by atoms with van der Waals surface area (Å²) in [6.45, 7) is 0. The molecule has 0 fully saturated rings. The average Bonchev–Trinajstić information content (AvgIpc) is 3.77. The van der Waals surface area contributed by atoms with Gasteiger partial charge in [0.25, 0.3) is 0 Å². The summed E-state index contributed by atoms with van der Waals surface area (Å²) in [5.41, 5.74) is 7.98. The molecule has 222 valence electrons. The normalized spacial score (nSPS) is 11.9. The molecule has 0 atom stereocenters. The largest absolute Gasteiger partial charge is 0.497 e. The van der Waals surface area contributed by atoms with Crippen LogP contribution in [0.15, 0.2) is 152 Å². The Bertz CT molecular complexity index is 2780. The van der Waals surface area contributed by atoms with Crippen molar-refractivity contribution in [1.29, 1.82) is 0 Å². The summed E-state index contributed by atoms with van der Waals surface area (Å²) in [5.74, 6) is 2.62. The van der Waals surface area contributed by atoms with Crippen molar-refractivity contribution in [3.05, 3.63) is 152 Å². The van der Waals surface area contributed by atoms with E-state index in [0.29, 0.717) is 0 Å². The van der Waals surface area contributed by atoms with Gasteiger partial charge in [-0.05, 0) is 72.8 Å². The molecule has 10 rings (SSSR count). The highest BCUT2D eigenvalue weighted by Gasteiger charge is 2.21. The molecule has 0 spiro atoms. The van der Waals surface area contributed by atoms with Crippen molar-refractivity contribution >= 4 is 65.4 Å². The molecule has 0 radical (unpaired) electrons. The van der Waals surface area contributed by atoms with Crippen LogP contribution in [-0.2, 0) is 0 Å². The number of hydrogen-bond donors (Lipinski definition) is 0. The number of fused-ring (bicyclic) bond motifs is 10. The molecule has 5 heteroatoms. The fraction of sp³-hybridized carbons (Fsp3) is 0.0238. The number of nitrogens with zero attached hydrogens (tertiary/aromatic N) is 4. The molecule has 6 aromatic carbocycles. The first-order valence-electron chi connectivity index (χ1n) is 15.9. The predicted octanol–water partition coefficient (Wildman–Crippen LogP) is 10.4. The van der Waals surface area contributed by atoms with Gasteiger partial charge in [0.15, 0.2) is 0 Å². The maximum atomic E-state index is 5.47. The quantitative estimate of drug-likeness (QED) is 0.200. The van der Waals surface area contributed by atoms with Crippen LogP contribution in [0.3, 0.4) is 0 Å². The van der Waals surface area contributed by atoms with Gasteiger partial charge in [-0.1, -0.05) is 78.9 Å². The molecule has 4 aromatic heterocycles. The molecule has 0 aliphatic rings. The van der Waals surface area contributed by atoms with Crippen LogP contribution in [0.1, 0.15) is 0 Å². The van der Waals surface area contributed by atoms with Gasteiger partial charge in [-0.3, -0.25) is 9.13 Å². The minimum Gasteiger partial charge on any atom is -0.497 e. The van der Waals surface area contributed by atoms with Crippen LogP contribution >= 0.6 is 0 Å². The Morgan fingerprint density at radius 3 is 1.34 bits per heavy atom. The second-order valence-electron chi connectivity index (χ2n) is 12.0. The summed E-state index contributed by atoms with van der Waals surface area (Å²) in [6, 6.07) is 53.7. The van der Waals surface area contributed by atoms with E-state index in [2.05, 4.69) is 153 Å². The lowest BCUT2D eigenvalue weighted by atomic mass is 10.1. The average molecular weight is 605 g/mol. The molecule has 47 heavy (non-hydrogen) atoms. The van der Waals surface area contributed by atoms with E-state index in [1.165, 1.54) is 43.4 Å². The van der Waals surface area contributed by atoms with Gasteiger partial charge in [0.1, 0.15) is 17.4 Å². The summed E-state index contributed by atoms with van der Waals surface area (Å²) >= 11 is 0. The molecule has 0 saturated carbocycles. The Hall–Kier alpha value is -6.33. The number of para-hydroxylation sites is 4. The van der Waals surface area contributed by atoms with Gasteiger partial charge in [0.2, 0.25) is 0 Å². The maximum absolute atomic E-state index is 5.47. The topological polar surface area (TPSA) is 36.9 Å². The molecular formula is C42H28N4O. The third-order valence-corrected chi connectivity index (χ3v) is 9.56. The van der Waals surface area contributed by atoms with Crippen molar-refractivity contribution in [3.8, 4) is 23.1 Å². The lowest BCUT2D eigenvalue weighted by molar-refractivity contribution is 0.415. The van der Waals surface area contributed by atoms with Crippen LogP contribution in [-0.4, -0.2) is 25.8 Å². The Morgan fingerprint density at radius 1 is 0.383 bits per heavy atom. The van der Waals surface area contributed by atoms with E-state index in [1.807, 2.05) is 12.1 Å². The van der Waals surface area contributed by atoms with Crippen molar-refractivity contribution < 1.29 is 4.74 Å². The van der Waals surface area contributed by atoms with Gasteiger partial charge < -0.3 is 9.30 Å². The van der Waals surface area contributed by atoms with E-state index in [4.69, 9.17) is 9.72 Å². The van der Waals surface area contributed by atoms with Crippen LogP contribution in [0.2, 0.25) is 0 Å². The number of benzene rings is 6. The summed E-state index contributed by atoms with van der Waals surface area (Å²) in [5, 5.41) is 7.34. The summed E-state index contributed by atoms with van der Waals surface area (Å²) in [7, 11) is 1.70. The smallest absolute Gasteiger partial charge is 0.140 e. The molecule has 0 aliphatic heterocycles. The fourth-order valence-electron chi connectivity index (χ4n) is 7.61. The third kappa shape index (κ3) is 3.62.